The Kier molecular flexibility index (Phi) is 10.2. The number of aliphatic hydroxyl groups is 1. The molecule has 8 rings (SSSR count). The number of rotatable bonds is 12. The van der Waals surface area contributed by atoms with Crippen LogP contribution in [0.3, 0.4) is 0 Å². The van der Waals surface area contributed by atoms with Crippen LogP contribution in [0, 0.1) is 40.4 Å². The number of carbonyl (C=O) groups excluding carboxylic acids is 2. The summed E-state index contributed by atoms with van der Waals surface area (Å²) in [6.45, 7) is -2.20. The van der Waals surface area contributed by atoms with Crippen molar-refractivity contribution in [3.05, 3.63) is 0 Å². The van der Waals surface area contributed by atoms with E-state index < -0.39 is 97.0 Å². The zero-order valence-corrected chi connectivity index (χ0v) is 28.7. The molecular formula is C30H38F8O11S2-2. The van der Waals surface area contributed by atoms with Gasteiger partial charge in [0.05, 0.1) is 42.5 Å². The number of esters is 2. The topological polar surface area (TPSA) is 187 Å². The Morgan fingerprint density at radius 1 is 0.588 bits per heavy atom. The first-order chi connectivity index (χ1) is 23.1. The smallest absolute Gasteiger partial charge is 0.396 e. The molecule has 0 aromatic rings. The van der Waals surface area contributed by atoms with Crippen molar-refractivity contribution < 1.29 is 85.2 Å². The van der Waals surface area contributed by atoms with Crippen molar-refractivity contribution in [2.75, 3.05) is 13.2 Å². The first-order valence-corrected chi connectivity index (χ1v) is 19.4. The van der Waals surface area contributed by atoms with Gasteiger partial charge in [0.2, 0.25) is 0 Å². The summed E-state index contributed by atoms with van der Waals surface area (Å²) < 4.78 is 177. The third kappa shape index (κ3) is 7.48. The Morgan fingerprint density at radius 2 is 0.902 bits per heavy atom. The van der Waals surface area contributed by atoms with E-state index in [1.54, 1.807) is 0 Å². The highest BCUT2D eigenvalue weighted by Gasteiger charge is 2.64. The molecule has 0 heterocycles. The molecule has 0 spiro atoms. The van der Waals surface area contributed by atoms with E-state index in [-0.39, 0.29) is 18.3 Å². The van der Waals surface area contributed by atoms with Crippen molar-refractivity contribution in [2.24, 2.45) is 40.4 Å². The molecule has 8 saturated carbocycles. The summed E-state index contributed by atoms with van der Waals surface area (Å²) in [4.78, 5) is 24.8. The van der Waals surface area contributed by atoms with Crippen LogP contribution < -0.4 is 0 Å². The number of halogens is 8. The lowest BCUT2D eigenvalue weighted by atomic mass is 9.48. The molecule has 0 aliphatic heterocycles. The molecule has 0 saturated heterocycles. The van der Waals surface area contributed by atoms with E-state index in [1.165, 1.54) is 0 Å². The first-order valence-electron chi connectivity index (χ1n) is 16.6. The second-order valence-electron chi connectivity index (χ2n) is 15.8. The Balaban J connectivity index is 0.000000198. The predicted octanol–water partition coefficient (Wildman–Crippen LogP) is 4.93. The second kappa shape index (κ2) is 12.9. The van der Waals surface area contributed by atoms with Gasteiger partial charge >= 0.3 is 34.3 Å². The van der Waals surface area contributed by atoms with Crippen LogP contribution in [0.2, 0.25) is 0 Å². The fraction of sp³-hybridized carbons (Fsp3) is 0.933. The molecule has 8 aliphatic carbocycles. The van der Waals surface area contributed by atoms with E-state index >= 15 is 0 Å². The SMILES string of the molecule is O=C(OCCC(F)(F)C(F)(F)S(=O)(=O)[O-])C12CC3CC(CC(C3)C1)C2.O=C(OCCC(F)(F)C(F)(F)S(=O)(=O)[O-])C12CC3CC(CC(O)(C3)C1)C2. The van der Waals surface area contributed by atoms with Crippen molar-refractivity contribution in [1.29, 1.82) is 0 Å². The van der Waals surface area contributed by atoms with Gasteiger partial charge in [-0.2, -0.15) is 35.1 Å². The average molecular weight is 791 g/mol. The van der Waals surface area contributed by atoms with Crippen molar-refractivity contribution in [1.82, 2.24) is 0 Å². The molecular weight excluding hydrogens is 752 g/mol. The minimum absolute atomic E-state index is 0.130. The van der Waals surface area contributed by atoms with Gasteiger partial charge in [0.1, 0.15) is 0 Å². The van der Waals surface area contributed by atoms with Crippen LogP contribution in [-0.2, 0) is 39.3 Å². The van der Waals surface area contributed by atoms with Crippen LogP contribution >= 0.6 is 0 Å². The van der Waals surface area contributed by atoms with Crippen molar-refractivity contribution in [3.8, 4) is 0 Å². The van der Waals surface area contributed by atoms with Crippen molar-refractivity contribution in [3.63, 3.8) is 0 Å². The van der Waals surface area contributed by atoms with E-state index in [0.29, 0.717) is 62.7 Å². The Labute approximate surface area is 288 Å². The first kappa shape index (κ1) is 40.3. The van der Waals surface area contributed by atoms with E-state index in [0.717, 1.165) is 25.7 Å². The standard InChI is InChI=1S/C15H20F4O6S.C15H20F4O5S/c16-14(17,15(18,19)26(22,23)24)1-2-25-11(20)12-4-9-3-10(5-12)7-13(21,6-9)8-12;16-14(17,15(18,19)25(21,22)23)1-2-24-12(20)13-6-9-3-10(7-13)5-11(4-9)8-13/h9-10,21H,1-8H2,(H,22,23,24);9-11H,1-8H2,(H,21,22,23)/p-2. The fourth-order valence-electron chi connectivity index (χ4n) is 10.3. The van der Waals surface area contributed by atoms with Crippen LogP contribution in [0.4, 0.5) is 35.1 Å². The van der Waals surface area contributed by atoms with Crippen LogP contribution in [0.1, 0.15) is 89.9 Å². The average Bonchev–Trinajstić information content (AvgIpc) is 2.94. The van der Waals surface area contributed by atoms with Gasteiger partial charge in [-0.15, -0.1) is 0 Å². The minimum Gasteiger partial charge on any atom is -0.743 e. The Morgan fingerprint density at radius 3 is 1.24 bits per heavy atom. The third-order valence-corrected chi connectivity index (χ3v) is 13.6. The van der Waals surface area contributed by atoms with Gasteiger partial charge in [-0.1, -0.05) is 0 Å². The number of hydrogen-bond acceptors (Lipinski definition) is 11. The highest BCUT2D eigenvalue weighted by Crippen LogP contribution is 2.62. The molecule has 8 aliphatic rings. The molecule has 2 atom stereocenters. The molecule has 11 nitrogen and oxygen atoms in total. The minimum atomic E-state index is -6.56. The lowest BCUT2D eigenvalue weighted by Crippen LogP contribution is -2.58. The molecule has 0 radical (unpaired) electrons. The summed E-state index contributed by atoms with van der Waals surface area (Å²) in [6.07, 6.45) is 4.59. The van der Waals surface area contributed by atoms with E-state index in [1.807, 2.05) is 0 Å². The number of carbonyl (C=O) groups is 2. The predicted molar refractivity (Wildman–Crippen MR) is 153 cm³/mol. The maximum absolute atomic E-state index is 13.4. The molecule has 0 aromatic carbocycles. The monoisotopic (exact) mass is 790 g/mol. The van der Waals surface area contributed by atoms with Crippen LogP contribution in [0.5, 0.6) is 0 Å². The maximum atomic E-state index is 13.4. The van der Waals surface area contributed by atoms with Gasteiger partial charge < -0.3 is 23.7 Å². The lowest BCUT2D eigenvalue weighted by Gasteiger charge is -2.58. The highest BCUT2D eigenvalue weighted by atomic mass is 32.2. The van der Waals surface area contributed by atoms with Crippen molar-refractivity contribution in [2.45, 2.75) is 118 Å². The molecule has 1 N–H and O–H groups in total. The van der Waals surface area contributed by atoms with Gasteiger partial charge in [-0.25, -0.2) is 16.8 Å². The zero-order valence-electron chi connectivity index (χ0n) is 27.1. The van der Waals surface area contributed by atoms with Crippen molar-refractivity contribution >= 4 is 32.2 Å². The molecule has 0 amide bonds. The summed E-state index contributed by atoms with van der Waals surface area (Å²) in [5, 5.41) is -0.993. The van der Waals surface area contributed by atoms with Gasteiger partial charge in [-0.3, -0.25) is 9.59 Å². The lowest BCUT2D eigenvalue weighted by molar-refractivity contribution is -0.201. The van der Waals surface area contributed by atoms with E-state index in [4.69, 9.17) is 9.47 Å². The van der Waals surface area contributed by atoms with Gasteiger partial charge in [0.15, 0.2) is 20.2 Å². The van der Waals surface area contributed by atoms with Crippen LogP contribution in [0.25, 0.3) is 0 Å². The number of ether oxygens (including phenoxy) is 2. The molecule has 51 heavy (non-hydrogen) atoms. The largest absolute Gasteiger partial charge is 0.743 e. The number of alkyl halides is 8. The normalized spacial score (nSPS) is 36.0. The summed E-state index contributed by atoms with van der Waals surface area (Å²) in [6, 6.07) is 0. The van der Waals surface area contributed by atoms with Gasteiger partial charge in [0.25, 0.3) is 0 Å². The highest BCUT2D eigenvalue weighted by molar-refractivity contribution is 7.87. The van der Waals surface area contributed by atoms with Crippen LogP contribution in [-0.4, -0.2) is 84.2 Å². The van der Waals surface area contributed by atoms with Gasteiger partial charge in [0, 0.05) is 0 Å². The number of hydrogen-bond donors (Lipinski definition) is 1. The van der Waals surface area contributed by atoms with E-state index in [9.17, 15) is 75.8 Å². The van der Waals surface area contributed by atoms with Gasteiger partial charge in [-0.05, 0) is 107 Å². The quantitative estimate of drug-likeness (QED) is 0.160. The summed E-state index contributed by atoms with van der Waals surface area (Å²) >= 11 is 0. The fourth-order valence-corrected chi connectivity index (χ4v) is 11.3. The summed E-state index contributed by atoms with van der Waals surface area (Å²) in [7, 11) is -13.1. The zero-order chi connectivity index (χ0) is 38.3. The molecule has 8 bridgehead atoms. The molecule has 0 aromatic heterocycles. The summed E-state index contributed by atoms with van der Waals surface area (Å²) in [5.41, 5.74) is -2.73. The molecule has 2 unspecified atom stereocenters. The maximum Gasteiger partial charge on any atom is 0.396 e. The van der Waals surface area contributed by atoms with Crippen LogP contribution in [0.15, 0.2) is 0 Å². The molecule has 294 valence electrons. The third-order valence-electron chi connectivity index (χ3n) is 11.7. The van der Waals surface area contributed by atoms with E-state index in [2.05, 4.69) is 0 Å². The molecule has 21 heteroatoms. The Hall–Kier alpha value is -1.84. The molecule has 8 fully saturated rings. The Bertz CT molecular complexity index is 1550. The summed E-state index contributed by atoms with van der Waals surface area (Å²) in [5.74, 6) is -10.3. The second-order valence-corrected chi connectivity index (χ2v) is 18.6.